The van der Waals surface area contributed by atoms with Gasteiger partial charge < -0.3 is 24.0 Å². The molecule has 0 saturated carbocycles. The fourth-order valence-electron chi connectivity index (χ4n) is 3.03. The van der Waals surface area contributed by atoms with Gasteiger partial charge in [0.15, 0.2) is 0 Å². The van der Waals surface area contributed by atoms with Crippen LogP contribution in [0.4, 0.5) is 15.3 Å². The van der Waals surface area contributed by atoms with Gasteiger partial charge in [0.05, 0.1) is 23.6 Å². The highest BCUT2D eigenvalue weighted by molar-refractivity contribution is 5.71. The van der Waals surface area contributed by atoms with E-state index < -0.39 is 28.8 Å². The normalized spacial score (nSPS) is 11.8. The molecular formula is C24H31N3O7. The Labute approximate surface area is 199 Å². The van der Waals surface area contributed by atoms with Crippen LogP contribution in [-0.2, 0) is 4.74 Å². The van der Waals surface area contributed by atoms with Gasteiger partial charge in [-0.1, -0.05) is 24.3 Å². The number of para-hydroxylation sites is 1. The molecule has 10 heteroatoms. The second-order valence-electron chi connectivity index (χ2n) is 8.80. The fraction of sp³-hybridized carbons (Fsp3) is 0.417. The quantitative estimate of drug-likeness (QED) is 0.390. The molecule has 2 rings (SSSR count). The highest BCUT2D eigenvalue weighted by Crippen LogP contribution is 2.33. The minimum Gasteiger partial charge on any atom is -0.493 e. The lowest BCUT2D eigenvalue weighted by Crippen LogP contribution is -2.37. The van der Waals surface area contributed by atoms with Gasteiger partial charge in [-0.15, -0.1) is 0 Å². The fourth-order valence-corrected chi connectivity index (χ4v) is 3.03. The van der Waals surface area contributed by atoms with E-state index >= 15 is 0 Å². The van der Waals surface area contributed by atoms with E-state index in [4.69, 9.17) is 14.2 Å². The van der Waals surface area contributed by atoms with E-state index in [9.17, 15) is 19.7 Å². The molecule has 184 valence electrons. The van der Waals surface area contributed by atoms with E-state index in [1.54, 1.807) is 72.2 Å². The van der Waals surface area contributed by atoms with Crippen LogP contribution in [0.25, 0.3) is 0 Å². The minimum atomic E-state index is -0.702. The number of hydrogen-bond acceptors (Lipinski definition) is 7. The molecule has 0 aliphatic carbocycles. The van der Waals surface area contributed by atoms with Crippen LogP contribution in [0.2, 0.25) is 0 Å². The second kappa shape index (κ2) is 11.4. The highest BCUT2D eigenvalue weighted by Gasteiger charge is 2.29. The van der Waals surface area contributed by atoms with Crippen LogP contribution in [-0.4, -0.2) is 60.3 Å². The Bertz CT molecular complexity index is 1020. The van der Waals surface area contributed by atoms with Gasteiger partial charge >= 0.3 is 12.2 Å². The number of nitrogens with zero attached hydrogens (tertiary/aromatic N) is 3. The van der Waals surface area contributed by atoms with Gasteiger partial charge in [-0.25, -0.2) is 9.59 Å². The molecule has 10 nitrogen and oxygen atoms in total. The first kappa shape index (κ1) is 26.4. The molecule has 2 aromatic carbocycles. The van der Waals surface area contributed by atoms with Crippen molar-refractivity contribution in [3.63, 3.8) is 0 Å². The van der Waals surface area contributed by atoms with Crippen molar-refractivity contribution < 1.29 is 28.7 Å². The van der Waals surface area contributed by atoms with Gasteiger partial charge in [-0.2, -0.15) is 0 Å². The van der Waals surface area contributed by atoms with E-state index in [1.807, 2.05) is 0 Å². The number of hydrogen-bond donors (Lipinski definition) is 0. The molecule has 1 atom stereocenters. The van der Waals surface area contributed by atoms with Crippen molar-refractivity contribution in [2.45, 2.75) is 38.8 Å². The number of ether oxygens (including phenoxy) is 3. The van der Waals surface area contributed by atoms with Crippen LogP contribution in [0.5, 0.6) is 11.5 Å². The van der Waals surface area contributed by atoms with Gasteiger partial charge in [0, 0.05) is 39.2 Å². The second-order valence-corrected chi connectivity index (χ2v) is 8.80. The van der Waals surface area contributed by atoms with Crippen molar-refractivity contribution in [1.82, 2.24) is 9.80 Å². The van der Waals surface area contributed by atoms with Crippen molar-refractivity contribution >= 4 is 17.9 Å². The summed E-state index contributed by atoms with van der Waals surface area (Å²) in [6, 6.07) is 12.2. The Hall–Kier alpha value is -3.82. The number of rotatable bonds is 8. The van der Waals surface area contributed by atoms with Gasteiger partial charge in [0.25, 0.3) is 5.69 Å². The Morgan fingerprint density at radius 1 is 1.03 bits per heavy atom. The third-order valence-corrected chi connectivity index (χ3v) is 4.68. The van der Waals surface area contributed by atoms with Crippen molar-refractivity contribution in [2.24, 2.45) is 0 Å². The number of amides is 2. The summed E-state index contributed by atoms with van der Waals surface area (Å²) in [5, 5.41) is 11.0. The zero-order valence-corrected chi connectivity index (χ0v) is 20.3. The van der Waals surface area contributed by atoms with Gasteiger partial charge in [0.1, 0.15) is 17.1 Å². The minimum absolute atomic E-state index is 0.0825. The van der Waals surface area contributed by atoms with Crippen LogP contribution in [0.1, 0.15) is 38.8 Å². The Morgan fingerprint density at radius 2 is 1.71 bits per heavy atom. The van der Waals surface area contributed by atoms with Crippen molar-refractivity contribution in [1.29, 1.82) is 0 Å². The monoisotopic (exact) mass is 473 g/mol. The van der Waals surface area contributed by atoms with E-state index in [0.717, 1.165) is 0 Å². The maximum absolute atomic E-state index is 12.8. The number of nitro groups is 1. The summed E-state index contributed by atoms with van der Waals surface area (Å²) in [7, 11) is 4.74. The predicted molar refractivity (Wildman–Crippen MR) is 126 cm³/mol. The van der Waals surface area contributed by atoms with E-state index in [0.29, 0.717) is 23.5 Å². The van der Waals surface area contributed by atoms with Crippen molar-refractivity contribution in [2.75, 3.05) is 27.7 Å². The zero-order chi connectivity index (χ0) is 25.5. The molecule has 0 N–H and O–H groups in total. The van der Waals surface area contributed by atoms with Crippen LogP contribution in [0.15, 0.2) is 48.5 Å². The number of benzene rings is 2. The van der Waals surface area contributed by atoms with Crippen LogP contribution in [0.3, 0.4) is 0 Å². The summed E-state index contributed by atoms with van der Waals surface area (Å²) in [5.74, 6) is 0.636. The molecule has 0 radical (unpaired) electrons. The maximum atomic E-state index is 12.8. The standard InChI is InChI=1S/C24H31N3O7/c1-24(2,3)34-23(29)26(6)20(14-15-32-18-11-9-10-17(16-18)27(30)31)19-12-7-8-13-21(19)33-22(28)25(4)5/h7-13,16,20H,14-15H2,1-6H3. The van der Waals surface area contributed by atoms with Crippen LogP contribution >= 0.6 is 0 Å². The lowest BCUT2D eigenvalue weighted by atomic mass is 10.0. The topological polar surface area (TPSA) is 111 Å². The average molecular weight is 474 g/mol. The molecular weight excluding hydrogens is 442 g/mol. The maximum Gasteiger partial charge on any atom is 0.414 e. The number of nitro benzene ring substituents is 1. The summed E-state index contributed by atoms with van der Waals surface area (Å²) in [6.45, 7) is 5.44. The van der Waals surface area contributed by atoms with Gasteiger partial charge in [0.2, 0.25) is 0 Å². The molecule has 0 bridgehead atoms. The molecule has 0 aromatic heterocycles. The molecule has 2 aromatic rings. The zero-order valence-electron chi connectivity index (χ0n) is 20.3. The summed E-state index contributed by atoms with van der Waals surface area (Å²) in [5.41, 5.74) is -0.193. The first-order valence-electron chi connectivity index (χ1n) is 10.7. The predicted octanol–water partition coefficient (Wildman–Crippen LogP) is 5.03. The first-order valence-corrected chi connectivity index (χ1v) is 10.7. The van der Waals surface area contributed by atoms with Crippen molar-refractivity contribution in [3.05, 3.63) is 64.2 Å². The molecule has 0 aliphatic heterocycles. The van der Waals surface area contributed by atoms with E-state index in [-0.39, 0.29) is 12.3 Å². The lowest BCUT2D eigenvalue weighted by Gasteiger charge is -2.32. The van der Waals surface area contributed by atoms with Crippen molar-refractivity contribution in [3.8, 4) is 11.5 Å². The Morgan fingerprint density at radius 3 is 2.32 bits per heavy atom. The number of non-ortho nitro benzene ring substituents is 1. The molecule has 0 heterocycles. The van der Waals surface area contributed by atoms with Crippen LogP contribution in [0, 0.1) is 10.1 Å². The molecule has 2 amide bonds. The lowest BCUT2D eigenvalue weighted by molar-refractivity contribution is -0.384. The third kappa shape index (κ3) is 7.65. The molecule has 0 fully saturated rings. The molecule has 34 heavy (non-hydrogen) atoms. The number of carbonyl (C=O) groups excluding carboxylic acids is 2. The summed E-state index contributed by atoms with van der Waals surface area (Å²) in [6.07, 6.45) is -0.810. The van der Waals surface area contributed by atoms with E-state index in [2.05, 4.69) is 0 Å². The molecule has 1 unspecified atom stereocenters. The summed E-state index contributed by atoms with van der Waals surface area (Å²) < 4.78 is 16.8. The SMILES string of the molecule is CN(C)C(=O)Oc1ccccc1C(CCOc1cccc([N+](=O)[O-])c1)N(C)C(=O)OC(C)(C)C. The Kier molecular flexibility index (Phi) is 8.83. The number of carbonyl (C=O) groups is 2. The smallest absolute Gasteiger partial charge is 0.414 e. The van der Waals surface area contributed by atoms with Gasteiger partial charge in [-0.05, 0) is 32.9 Å². The summed E-state index contributed by atoms with van der Waals surface area (Å²) in [4.78, 5) is 38.3. The van der Waals surface area contributed by atoms with E-state index in [1.165, 1.54) is 28.0 Å². The molecule has 0 saturated heterocycles. The van der Waals surface area contributed by atoms with Crippen LogP contribution < -0.4 is 9.47 Å². The molecule has 0 aliphatic rings. The average Bonchev–Trinajstić information content (AvgIpc) is 2.76. The Balaban J connectivity index is 2.30. The largest absolute Gasteiger partial charge is 0.493 e. The molecule has 0 spiro atoms. The first-order chi connectivity index (χ1) is 15.9. The third-order valence-electron chi connectivity index (χ3n) is 4.68. The van der Waals surface area contributed by atoms with Gasteiger partial charge in [-0.3, -0.25) is 10.1 Å². The summed E-state index contributed by atoms with van der Waals surface area (Å²) >= 11 is 0. The highest BCUT2D eigenvalue weighted by atomic mass is 16.6.